The van der Waals surface area contributed by atoms with Gasteiger partial charge in [0.25, 0.3) is 0 Å². The van der Waals surface area contributed by atoms with E-state index >= 15 is 0 Å². The minimum atomic E-state index is -0.104. The van der Waals surface area contributed by atoms with Crippen molar-refractivity contribution >= 4 is 5.91 Å². The van der Waals surface area contributed by atoms with E-state index < -0.39 is 0 Å². The first kappa shape index (κ1) is 13.9. The van der Waals surface area contributed by atoms with Crippen LogP contribution >= 0.6 is 0 Å². The number of carbonyl (C=O) groups excluding carboxylic acids is 1. The zero-order valence-electron chi connectivity index (χ0n) is 12.4. The maximum atomic E-state index is 12.8. The molecular formula is C15H28N2O. The molecule has 0 aromatic heterocycles. The SMILES string of the molecule is CCC1(C(=O)N2CCC(C(C)(C)C)C2)CCNC1. The van der Waals surface area contributed by atoms with E-state index in [1.165, 1.54) is 6.42 Å². The lowest BCUT2D eigenvalue weighted by Gasteiger charge is -2.32. The largest absolute Gasteiger partial charge is 0.342 e. The van der Waals surface area contributed by atoms with Crippen molar-refractivity contribution < 1.29 is 4.79 Å². The van der Waals surface area contributed by atoms with Crippen molar-refractivity contribution in [2.24, 2.45) is 16.7 Å². The number of nitrogens with one attached hydrogen (secondary N) is 1. The van der Waals surface area contributed by atoms with Crippen LogP contribution in [0.15, 0.2) is 0 Å². The Kier molecular flexibility index (Phi) is 3.72. The summed E-state index contributed by atoms with van der Waals surface area (Å²) < 4.78 is 0. The Morgan fingerprint density at radius 1 is 1.44 bits per heavy atom. The van der Waals surface area contributed by atoms with Crippen molar-refractivity contribution in [3.8, 4) is 0 Å². The van der Waals surface area contributed by atoms with Crippen molar-refractivity contribution in [1.29, 1.82) is 0 Å². The topological polar surface area (TPSA) is 32.3 Å². The molecule has 2 unspecified atom stereocenters. The molecule has 2 fully saturated rings. The maximum absolute atomic E-state index is 12.8. The van der Waals surface area contributed by atoms with E-state index in [2.05, 4.69) is 37.9 Å². The van der Waals surface area contributed by atoms with E-state index in [1.54, 1.807) is 0 Å². The molecule has 2 saturated heterocycles. The molecule has 104 valence electrons. The number of likely N-dealkylation sites (tertiary alicyclic amines) is 1. The van der Waals surface area contributed by atoms with Gasteiger partial charge in [0.2, 0.25) is 5.91 Å². The van der Waals surface area contributed by atoms with Crippen LogP contribution in [0.2, 0.25) is 0 Å². The van der Waals surface area contributed by atoms with Crippen molar-refractivity contribution in [2.75, 3.05) is 26.2 Å². The molecule has 3 heteroatoms. The Bertz CT molecular complexity index is 313. The second kappa shape index (κ2) is 4.84. The van der Waals surface area contributed by atoms with Gasteiger partial charge < -0.3 is 10.2 Å². The minimum absolute atomic E-state index is 0.104. The van der Waals surface area contributed by atoms with Crippen LogP contribution in [0.5, 0.6) is 0 Å². The third-order valence-corrected chi connectivity index (χ3v) is 5.07. The quantitative estimate of drug-likeness (QED) is 0.817. The van der Waals surface area contributed by atoms with Crippen LogP contribution in [0.25, 0.3) is 0 Å². The fourth-order valence-corrected chi connectivity index (χ4v) is 3.37. The molecule has 1 amide bonds. The average Bonchev–Trinajstić information content (AvgIpc) is 2.97. The van der Waals surface area contributed by atoms with Gasteiger partial charge in [-0.2, -0.15) is 0 Å². The van der Waals surface area contributed by atoms with E-state index in [4.69, 9.17) is 0 Å². The summed E-state index contributed by atoms with van der Waals surface area (Å²) in [6.07, 6.45) is 3.15. The molecule has 2 aliphatic heterocycles. The third-order valence-electron chi connectivity index (χ3n) is 5.07. The number of hydrogen-bond acceptors (Lipinski definition) is 2. The molecule has 0 aromatic carbocycles. The molecular weight excluding hydrogens is 224 g/mol. The molecule has 0 saturated carbocycles. The monoisotopic (exact) mass is 252 g/mol. The fraction of sp³-hybridized carbons (Fsp3) is 0.933. The lowest BCUT2D eigenvalue weighted by atomic mass is 9.80. The Balaban J connectivity index is 2.03. The first-order chi connectivity index (χ1) is 8.39. The van der Waals surface area contributed by atoms with Crippen LogP contribution in [-0.2, 0) is 4.79 Å². The van der Waals surface area contributed by atoms with Crippen LogP contribution in [0.3, 0.4) is 0 Å². The van der Waals surface area contributed by atoms with Gasteiger partial charge in [0.15, 0.2) is 0 Å². The summed E-state index contributed by atoms with van der Waals surface area (Å²) in [7, 11) is 0. The molecule has 1 N–H and O–H groups in total. The predicted octanol–water partition coefficient (Wildman–Crippen LogP) is 2.27. The maximum Gasteiger partial charge on any atom is 0.230 e. The first-order valence-corrected chi connectivity index (χ1v) is 7.39. The normalized spacial score (nSPS) is 33.1. The summed E-state index contributed by atoms with van der Waals surface area (Å²) in [6, 6.07) is 0. The summed E-state index contributed by atoms with van der Waals surface area (Å²) in [5.74, 6) is 1.06. The second-order valence-corrected chi connectivity index (χ2v) is 7.16. The predicted molar refractivity (Wildman–Crippen MR) is 74.4 cm³/mol. The van der Waals surface area contributed by atoms with Crippen LogP contribution in [0.4, 0.5) is 0 Å². The summed E-state index contributed by atoms with van der Waals surface area (Å²) in [4.78, 5) is 14.9. The zero-order valence-corrected chi connectivity index (χ0v) is 12.4. The van der Waals surface area contributed by atoms with Crippen LogP contribution in [0, 0.1) is 16.7 Å². The zero-order chi connectivity index (χ0) is 13.4. The van der Waals surface area contributed by atoms with Gasteiger partial charge in [0, 0.05) is 19.6 Å². The molecule has 2 heterocycles. The molecule has 2 atom stereocenters. The molecule has 0 bridgehead atoms. The lowest BCUT2D eigenvalue weighted by molar-refractivity contribution is -0.140. The highest BCUT2D eigenvalue weighted by molar-refractivity contribution is 5.83. The van der Waals surface area contributed by atoms with Gasteiger partial charge in [-0.05, 0) is 37.1 Å². The van der Waals surface area contributed by atoms with Crippen molar-refractivity contribution in [3.05, 3.63) is 0 Å². The van der Waals surface area contributed by atoms with Gasteiger partial charge in [-0.3, -0.25) is 4.79 Å². The van der Waals surface area contributed by atoms with Crippen LogP contribution < -0.4 is 5.32 Å². The standard InChI is InChI=1S/C15H28N2O/c1-5-15(7-8-16-11-15)13(18)17-9-6-12(10-17)14(2,3)4/h12,16H,5-11H2,1-4H3. The number of carbonyl (C=O) groups is 1. The molecule has 0 aromatic rings. The first-order valence-electron chi connectivity index (χ1n) is 7.39. The number of amides is 1. The molecule has 0 aliphatic carbocycles. The molecule has 3 nitrogen and oxygen atoms in total. The highest BCUT2D eigenvalue weighted by Gasteiger charge is 2.44. The highest BCUT2D eigenvalue weighted by atomic mass is 16.2. The van der Waals surface area contributed by atoms with Gasteiger partial charge in [-0.15, -0.1) is 0 Å². The summed E-state index contributed by atoms with van der Waals surface area (Å²) in [6.45, 7) is 12.8. The van der Waals surface area contributed by atoms with Gasteiger partial charge in [-0.25, -0.2) is 0 Å². The van der Waals surface area contributed by atoms with Gasteiger partial charge in [-0.1, -0.05) is 27.7 Å². The van der Waals surface area contributed by atoms with E-state index in [0.29, 0.717) is 17.2 Å². The average molecular weight is 252 g/mol. The molecule has 0 radical (unpaired) electrons. The van der Waals surface area contributed by atoms with Crippen LogP contribution in [-0.4, -0.2) is 37.0 Å². The Labute approximate surface area is 111 Å². The lowest BCUT2D eigenvalue weighted by Crippen LogP contribution is -2.44. The van der Waals surface area contributed by atoms with Crippen molar-refractivity contribution in [1.82, 2.24) is 10.2 Å². The Morgan fingerprint density at radius 2 is 2.17 bits per heavy atom. The summed E-state index contributed by atoms with van der Waals surface area (Å²) in [5, 5.41) is 3.36. The smallest absolute Gasteiger partial charge is 0.230 e. The van der Waals surface area contributed by atoms with Gasteiger partial charge in [0.05, 0.1) is 5.41 Å². The Morgan fingerprint density at radius 3 is 2.61 bits per heavy atom. The van der Waals surface area contributed by atoms with Crippen molar-refractivity contribution in [3.63, 3.8) is 0 Å². The van der Waals surface area contributed by atoms with E-state index in [0.717, 1.165) is 39.0 Å². The van der Waals surface area contributed by atoms with Crippen LogP contribution in [0.1, 0.15) is 47.0 Å². The van der Waals surface area contributed by atoms with E-state index in [1.807, 2.05) is 0 Å². The number of rotatable bonds is 2. The fourth-order valence-electron chi connectivity index (χ4n) is 3.37. The van der Waals surface area contributed by atoms with E-state index in [9.17, 15) is 4.79 Å². The summed E-state index contributed by atoms with van der Waals surface area (Å²) in [5.41, 5.74) is 0.217. The van der Waals surface area contributed by atoms with E-state index in [-0.39, 0.29) is 5.41 Å². The Hall–Kier alpha value is -0.570. The summed E-state index contributed by atoms with van der Waals surface area (Å²) >= 11 is 0. The number of hydrogen-bond donors (Lipinski definition) is 1. The highest BCUT2D eigenvalue weighted by Crippen LogP contribution is 2.38. The van der Waals surface area contributed by atoms with Crippen molar-refractivity contribution in [2.45, 2.75) is 47.0 Å². The third kappa shape index (κ3) is 2.42. The number of nitrogens with zero attached hydrogens (tertiary/aromatic N) is 1. The molecule has 2 aliphatic rings. The molecule has 2 rings (SSSR count). The van der Waals surface area contributed by atoms with Gasteiger partial charge in [0.1, 0.15) is 0 Å². The molecule has 0 spiro atoms. The van der Waals surface area contributed by atoms with Gasteiger partial charge >= 0.3 is 0 Å². The molecule has 18 heavy (non-hydrogen) atoms. The minimum Gasteiger partial charge on any atom is -0.342 e. The second-order valence-electron chi connectivity index (χ2n) is 7.16.